The van der Waals surface area contributed by atoms with Crippen molar-refractivity contribution in [2.45, 2.75) is 26.3 Å². The predicted octanol–water partition coefficient (Wildman–Crippen LogP) is 3.49. The first-order valence-corrected chi connectivity index (χ1v) is 9.46. The van der Waals surface area contributed by atoms with E-state index >= 15 is 0 Å². The fourth-order valence-corrected chi connectivity index (χ4v) is 2.64. The zero-order valence-electron chi connectivity index (χ0n) is 17.4. The first-order chi connectivity index (χ1) is 14.6. The van der Waals surface area contributed by atoms with Gasteiger partial charge in [-0.2, -0.15) is 13.2 Å². The Morgan fingerprint density at radius 2 is 1.65 bits per heavy atom. The maximum Gasteiger partial charge on any atom is 0.416 e. The van der Waals surface area contributed by atoms with Gasteiger partial charge in [0.25, 0.3) is 0 Å². The smallest absolute Gasteiger partial charge is 0.354 e. The molecule has 31 heavy (non-hydrogen) atoms. The highest BCUT2D eigenvalue weighted by Crippen LogP contribution is 2.29. The molecule has 0 saturated carbocycles. The molecule has 0 bridgehead atoms. The number of nitrogens with zero attached hydrogens (tertiary/aromatic N) is 3. The number of rotatable bonds is 6. The third-order valence-corrected chi connectivity index (χ3v) is 4.04. The molecule has 1 aromatic heterocycles. The zero-order valence-corrected chi connectivity index (χ0v) is 18.2. The number of hydrogen-bond donors (Lipinski definition) is 3. The lowest BCUT2D eigenvalue weighted by atomic mass is 10.2. The number of thiocarbonyl (C=S) groups is 1. The van der Waals surface area contributed by atoms with Crippen LogP contribution in [0.3, 0.4) is 0 Å². The molecule has 0 aliphatic carbocycles. The Balaban J connectivity index is 2.13. The summed E-state index contributed by atoms with van der Waals surface area (Å²) in [5, 5.41) is 8.69. The van der Waals surface area contributed by atoms with Gasteiger partial charge in [-0.25, -0.2) is 15.0 Å². The first-order valence-electron chi connectivity index (χ1n) is 9.05. The molecule has 2 rings (SSSR count). The van der Waals surface area contributed by atoms with Crippen LogP contribution in [0, 0.1) is 13.8 Å². The Labute approximate surface area is 183 Å². The monoisotopic (exact) mass is 456 g/mol. The van der Waals surface area contributed by atoms with E-state index in [1.807, 2.05) is 19.9 Å². The molecule has 0 fully saturated rings. The van der Waals surface area contributed by atoms with Crippen LogP contribution in [0.15, 0.2) is 35.3 Å². The minimum absolute atomic E-state index is 0.0989. The van der Waals surface area contributed by atoms with Gasteiger partial charge in [0, 0.05) is 31.3 Å². The summed E-state index contributed by atoms with van der Waals surface area (Å²) in [7, 11) is 2.96. The van der Waals surface area contributed by atoms with Crippen molar-refractivity contribution in [3.8, 4) is 0 Å². The van der Waals surface area contributed by atoms with Crippen LogP contribution in [-0.4, -0.2) is 48.1 Å². The average molecular weight is 456 g/mol. The van der Waals surface area contributed by atoms with Gasteiger partial charge in [-0.1, -0.05) is 0 Å². The molecular weight excluding hydrogens is 433 g/mol. The van der Waals surface area contributed by atoms with Crippen LogP contribution in [0.1, 0.15) is 17.0 Å². The molecule has 8 nitrogen and oxygen atoms in total. The fraction of sp³-hybridized carbons (Fsp3) is 0.368. The molecule has 0 aliphatic heterocycles. The third-order valence-electron chi connectivity index (χ3n) is 3.84. The van der Waals surface area contributed by atoms with E-state index in [1.165, 1.54) is 26.4 Å². The Hall–Kier alpha value is -2.83. The number of ether oxygens (including phenoxy) is 2. The van der Waals surface area contributed by atoms with Gasteiger partial charge < -0.3 is 20.1 Å². The third kappa shape index (κ3) is 8.07. The summed E-state index contributed by atoms with van der Waals surface area (Å²) in [5.41, 5.74) is 1.13. The van der Waals surface area contributed by atoms with Crippen LogP contribution in [0.25, 0.3) is 0 Å². The number of anilines is 2. The quantitative estimate of drug-likeness (QED) is 0.263. The SMILES string of the molecule is COC(CN=C(NC(=S)Nc1ccc(C(F)(F)F)cc1)Nc1nc(C)cc(C)n1)OC. The average Bonchev–Trinajstić information content (AvgIpc) is 2.67. The van der Waals surface area contributed by atoms with Crippen LogP contribution in [-0.2, 0) is 15.7 Å². The number of halogens is 3. The molecular formula is C19H23F3N6O2S. The Morgan fingerprint density at radius 3 is 2.16 bits per heavy atom. The topological polar surface area (TPSA) is 92.7 Å². The first kappa shape index (κ1) is 24.4. The van der Waals surface area contributed by atoms with Gasteiger partial charge in [0.15, 0.2) is 11.4 Å². The van der Waals surface area contributed by atoms with Gasteiger partial charge in [-0.05, 0) is 56.4 Å². The molecule has 0 radical (unpaired) electrons. The van der Waals surface area contributed by atoms with E-state index in [0.29, 0.717) is 11.6 Å². The Bertz CT molecular complexity index is 898. The lowest BCUT2D eigenvalue weighted by Crippen LogP contribution is -2.40. The van der Waals surface area contributed by atoms with Gasteiger partial charge in [0.1, 0.15) is 0 Å². The molecule has 12 heteroatoms. The van der Waals surface area contributed by atoms with Gasteiger partial charge in [0.2, 0.25) is 11.9 Å². The molecule has 0 unspecified atom stereocenters. The van der Waals surface area contributed by atoms with Crippen molar-refractivity contribution < 1.29 is 22.6 Å². The molecule has 0 saturated heterocycles. The predicted molar refractivity (Wildman–Crippen MR) is 116 cm³/mol. The van der Waals surface area contributed by atoms with Crippen LogP contribution in [0.5, 0.6) is 0 Å². The Morgan fingerprint density at radius 1 is 1.06 bits per heavy atom. The number of aryl methyl sites for hydroxylation is 2. The number of hydrogen-bond acceptors (Lipinski definition) is 6. The summed E-state index contributed by atoms with van der Waals surface area (Å²) < 4.78 is 48.4. The summed E-state index contributed by atoms with van der Waals surface area (Å²) in [5.74, 6) is 0.501. The van der Waals surface area contributed by atoms with Gasteiger partial charge in [-0.3, -0.25) is 5.32 Å². The molecule has 0 amide bonds. The molecule has 1 aromatic carbocycles. The fourth-order valence-electron chi connectivity index (χ4n) is 2.42. The van der Waals surface area contributed by atoms with E-state index in [9.17, 15) is 13.2 Å². The van der Waals surface area contributed by atoms with Crippen LogP contribution >= 0.6 is 12.2 Å². The van der Waals surface area contributed by atoms with E-state index in [1.54, 1.807) is 0 Å². The molecule has 168 valence electrons. The molecule has 0 atom stereocenters. The molecule has 0 aliphatic rings. The second-order valence-corrected chi connectivity index (χ2v) is 6.75. The molecule has 0 spiro atoms. The van der Waals surface area contributed by atoms with Gasteiger partial charge in [0.05, 0.1) is 12.1 Å². The minimum atomic E-state index is -4.41. The van der Waals surface area contributed by atoms with Crippen molar-refractivity contribution in [1.82, 2.24) is 15.3 Å². The van der Waals surface area contributed by atoms with Crippen molar-refractivity contribution >= 4 is 34.9 Å². The summed E-state index contributed by atoms with van der Waals surface area (Å²) in [6, 6.07) is 6.30. The number of benzene rings is 1. The second-order valence-electron chi connectivity index (χ2n) is 6.34. The molecule has 2 aromatic rings. The highest BCUT2D eigenvalue weighted by Gasteiger charge is 2.29. The van der Waals surface area contributed by atoms with E-state index in [2.05, 4.69) is 30.9 Å². The van der Waals surface area contributed by atoms with Crippen molar-refractivity contribution in [3.05, 3.63) is 47.3 Å². The van der Waals surface area contributed by atoms with Crippen molar-refractivity contribution in [2.24, 2.45) is 4.99 Å². The Kier molecular flexibility index (Phi) is 8.65. The normalized spacial score (nSPS) is 12.1. The van der Waals surface area contributed by atoms with Crippen LogP contribution in [0.2, 0.25) is 0 Å². The number of alkyl halides is 3. The maximum atomic E-state index is 12.7. The largest absolute Gasteiger partial charge is 0.416 e. The van der Waals surface area contributed by atoms with E-state index in [-0.39, 0.29) is 17.6 Å². The van der Waals surface area contributed by atoms with Crippen molar-refractivity contribution in [1.29, 1.82) is 0 Å². The van der Waals surface area contributed by atoms with Crippen LogP contribution < -0.4 is 16.0 Å². The van der Waals surface area contributed by atoms with E-state index in [4.69, 9.17) is 21.7 Å². The number of aliphatic imine (C=N–C) groups is 1. The number of nitrogens with one attached hydrogen (secondary N) is 3. The van der Waals surface area contributed by atoms with Gasteiger partial charge >= 0.3 is 6.18 Å². The van der Waals surface area contributed by atoms with Gasteiger partial charge in [-0.15, -0.1) is 0 Å². The summed E-state index contributed by atoms with van der Waals surface area (Å²) in [6.45, 7) is 3.79. The van der Waals surface area contributed by atoms with E-state index in [0.717, 1.165) is 23.5 Å². The van der Waals surface area contributed by atoms with Crippen molar-refractivity contribution in [3.63, 3.8) is 0 Å². The number of aromatic nitrogens is 2. The van der Waals surface area contributed by atoms with Crippen molar-refractivity contribution in [2.75, 3.05) is 31.4 Å². The zero-order chi connectivity index (χ0) is 23.0. The summed E-state index contributed by atoms with van der Waals surface area (Å²) >= 11 is 5.25. The summed E-state index contributed by atoms with van der Waals surface area (Å²) in [4.78, 5) is 12.9. The number of methoxy groups -OCH3 is 2. The van der Waals surface area contributed by atoms with Crippen LogP contribution in [0.4, 0.5) is 24.8 Å². The minimum Gasteiger partial charge on any atom is -0.354 e. The lowest BCUT2D eigenvalue weighted by Gasteiger charge is -2.16. The maximum absolute atomic E-state index is 12.7. The standard InChI is InChI=1S/C19H23F3N6O2S/c1-11-9-12(2)25-17(24-11)27-16(23-10-15(29-3)30-4)28-18(31)26-14-7-5-13(6-8-14)19(20,21)22/h5-9,15H,10H2,1-4H3,(H3,23,24,25,26,27,28,31). The highest BCUT2D eigenvalue weighted by atomic mass is 32.1. The lowest BCUT2D eigenvalue weighted by molar-refractivity contribution is -0.137. The number of guanidine groups is 1. The molecule has 3 N–H and O–H groups in total. The molecule has 1 heterocycles. The summed E-state index contributed by atoms with van der Waals surface area (Å²) in [6.07, 6.45) is -5.00. The second kappa shape index (κ2) is 11.0. The van der Waals surface area contributed by atoms with E-state index < -0.39 is 18.0 Å². The highest BCUT2D eigenvalue weighted by molar-refractivity contribution is 7.80.